The Kier molecular flexibility index (Phi) is 7.86. The number of aryl methyl sites for hydroxylation is 1. The van der Waals surface area contributed by atoms with Crippen LogP contribution in [0.15, 0.2) is 41.5 Å². The zero-order valence-electron chi connectivity index (χ0n) is 17.3. The minimum Gasteiger partial charge on any atom is -0.356 e. The molecule has 0 saturated carbocycles. The number of hydrogen-bond donors (Lipinski definition) is 2. The van der Waals surface area contributed by atoms with Crippen molar-refractivity contribution in [3.63, 3.8) is 0 Å². The van der Waals surface area contributed by atoms with Crippen molar-refractivity contribution >= 4 is 17.3 Å². The van der Waals surface area contributed by atoms with Crippen molar-refractivity contribution in [3.05, 3.63) is 52.0 Å². The van der Waals surface area contributed by atoms with Gasteiger partial charge in [0.2, 0.25) is 0 Å². The molecule has 0 amide bonds. The number of aromatic nitrogens is 1. The number of rotatable bonds is 7. The molecule has 0 aliphatic carbocycles. The Balaban J connectivity index is 1.40. The zero-order valence-corrected chi connectivity index (χ0v) is 18.1. The van der Waals surface area contributed by atoms with E-state index in [0.29, 0.717) is 12.1 Å². The summed E-state index contributed by atoms with van der Waals surface area (Å²) >= 11 is 1.81. The van der Waals surface area contributed by atoms with E-state index in [0.717, 1.165) is 51.3 Å². The van der Waals surface area contributed by atoms with Crippen LogP contribution in [-0.2, 0) is 12.8 Å². The summed E-state index contributed by atoms with van der Waals surface area (Å²) in [6.07, 6.45) is 6.29. The number of hydrogen-bond acceptors (Lipinski definition) is 4. The summed E-state index contributed by atoms with van der Waals surface area (Å²) in [7, 11) is 1.85. The molecular formula is C22H33N5S. The quantitative estimate of drug-likeness (QED) is 0.551. The van der Waals surface area contributed by atoms with Gasteiger partial charge in [-0.1, -0.05) is 37.3 Å². The Morgan fingerprint density at radius 2 is 2.04 bits per heavy atom. The maximum absolute atomic E-state index is 4.49. The van der Waals surface area contributed by atoms with Crippen LogP contribution in [0.2, 0.25) is 0 Å². The van der Waals surface area contributed by atoms with Crippen molar-refractivity contribution in [2.24, 2.45) is 4.99 Å². The number of nitrogens with zero attached hydrogens (tertiary/aromatic N) is 3. The van der Waals surface area contributed by atoms with Gasteiger partial charge in [-0.2, -0.15) is 0 Å². The fourth-order valence-electron chi connectivity index (χ4n) is 3.68. The highest BCUT2D eigenvalue weighted by molar-refractivity contribution is 7.11. The maximum atomic E-state index is 4.49. The van der Waals surface area contributed by atoms with Gasteiger partial charge in [0.25, 0.3) is 0 Å². The number of aliphatic imine (C=N–C) groups is 1. The molecule has 28 heavy (non-hydrogen) atoms. The van der Waals surface area contributed by atoms with E-state index >= 15 is 0 Å². The molecule has 1 aromatic carbocycles. The van der Waals surface area contributed by atoms with Crippen LogP contribution in [0.3, 0.4) is 0 Å². The molecule has 6 heteroatoms. The van der Waals surface area contributed by atoms with Crippen LogP contribution < -0.4 is 10.6 Å². The lowest BCUT2D eigenvalue weighted by atomic mass is 10.0. The van der Waals surface area contributed by atoms with Crippen molar-refractivity contribution in [2.45, 2.75) is 51.6 Å². The molecule has 1 saturated heterocycles. The maximum Gasteiger partial charge on any atom is 0.191 e. The molecule has 152 valence electrons. The lowest BCUT2D eigenvalue weighted by molar-refractivity contribution is 0.158. The van der Waals surface area contributed by atoms with Crippen LogP contribution in [0, 0.1) is 0 Å². The van der Waals surface area contributed by atoms with Crippen LogP contribution in [0.4, 0.5) is 0 Å². The molecule has 1 atom stereocenters. The lowest BCUT2D eigenvalue weighted by Gasteiger charge is -2.37. The van der Waals surface area contributed by atoms with Crippen molar-refractivity contribution in [1.82, 2.24) is 20.5 Å². The standard InChI is InChI=1S/C22H33N5S/c1-4-20-16-25-21(28-20)10-13-24-22(23-3)26-19-11-14-27(15-12-19)17(2)18-8-6-5-7-9-18/h5-9,16-17,19H,4,10-15H2,1-3H3,(H2,23,24,26). The second-order valence-corrected chi connectivity index (χ2v) is 8.56. The van der Waals surface area contributed by atoms with E-state index in [1.165, 1.54) is 15.4 Å². The van der Waals surface area contributed by atoms with E-state index in [1.54, 1.807) is 0 Å². The lowest BCUT2D eigenvalue weighted by Crippen LogP contribution is -2.49. The zero-order chi connectivity index (χ0) is 19.8. The second-order valence-electron chi connectivity index (χ2n) is 7.36. The monoisotopic (exact) mass is 399 g/mol. The predicted octanol–water partition coefficient (Wildman–Crippen LogP) is 3.64. The Hall–Kier alpha value is -1.92. The summed E-state index contributed by atoms with van der Waals surface area (Å²) in [5.74, 6) is 0.904. The minimum absolute atomic E-state index is 0.478. The molecule has 0 bridgehead atoms. The molecule has 1 unspecified atom stereocenters. The van der Waals surface area contributed by atoms with Gasteiger partial charge in [-0.05, 0) is 31.7 Å². The van der Waals surface area contributed by atoms with Crippen LogP contribution in [0.5, 0.6) is 0 Å². The topological polar surface area (TPSA) is 52.6 Å². The molecule has 1 aliphatic rings. The van der Waals surface area contributed by atoms with E-state index in [-0.39, 0.29) is 0 Å². The van der Waals surface area contributed by atoms with E-state index in [4.69, 9.17) is 0 Å². The molecule has 0 spiro atoms. The number of nitrogens with one attached hydrogen (secondary N) is 2. The summed E-state index contributed by atoms with van der Waals surface area (Å²) in [5, 5.41) is 8.24. The van der Waals surface area contributed by atoms with Gasteiger partial charge in [0.15, 0.2) is 5.96 Å². The molecule has 2 heterocycles. The van der Waals surface area contributed by atoms with Gasteiger partial charge in [0.1, 0.15) is 0 Å². The summed E-state index contributed by atoms with van der Waals surface area (Å²) in [6, 6.07) is 11.8. The Labute approximate surface area is 173 Å². The largest absolute Gasteiger partial charge is 0.356 e. The third-order valence-corrected chi connectivity index (χ3v) is 6.71. The predicted molar refractivity (Wildman–Crippen MR) is 119 cm³/mol. The van der Waals surface area contributed by atoms with Crippen molar-refractivity contribution in [1.29, 1.82) is 0 Å². The summed E-state index contributed by atoms with van der Waals surface area (Å²) in [5.41, 5.74) is 1.40. The Bertz CT molecular complexity index is 734. The van der Waals surface area contributed by atoms with E-state index in [2.05, 4.69) is 69.7 Å². The summed E-state index contributed by atoms with van der Waals surface area (Å²) in [6.45, 7) is 7.58. The molecule has 1 aromatic heterocycles. The Morgan fingerprint density at radius 3 is 2.68 bits per heavy atom. The van der Waals surface area contributed by atoms with Gasteiger partial charge in [0, 0.05) is 56.3 Å². The highest BCUT2D eigenvalue weighted by atomic mass is 32.1. The summed E-state index contributed by atoms with van der Waals surface area (Å²) in [4.78, 5) is 12.8. The van der Waals surface area contributed by atoms with E-state index in [1.807, 2.05) is 24.6 Å². The first-order chi connectivity index (χ1) is 13.7. The molecule has 2 aromatic rings. The van der Waals surface area contributed by atoms with Gasteiger partial charge in [-0.3, -0.25) is 9.89 Å². The smallest absolute Gasteiger partial charge is 0.191 e. The van der Waals surface area contributed by atoms with Crippen LogP contribution in [-0.4, -0.2) is 48.6 Å². The molecular weight excluding hydrogens is 366 g/mol. The van der Waals surface area contributed by atoms with Crippen molar-refractivity contribution in [2.75, 3.05) is 26.7 Å². The van der Waals surface area contributed by atoms with E-state index < -0.39 is 0 Å². The van der Waals surface area contributed by atoms with Gasteiger partial charge < -0.3 is 10.6 Å². The second kappa shape index (κ2) is 10.6. The first-order valence-corrected chi connectivity index (χ1v) is 11.2. The molecule has 2 N–H and O–H groups in total. The average Bonchev–Trinajstić information content (AvgIpc) is 3.21. The number of guanidine groups is 1. The number of likely N-dealkylation sites (tertiary alicyclic amines) is 1. The van der Waals surface area contributed by atoms with Gasteiger partial charge in [-0.25, -0.2) is 4.98 Å². The fraction of sp³-hybridized carbons (Fsp3) is 0.545. The van der Waals surface area contributed by atoms with Crippen molar-refractivity contribution in [3.8, 4) is 0 Å². The van der Waals surface area contributed by atoms with Crippen molar-refractivity contribution < 1.29 is 0 Å². The molecule has 1 fully saturated rings. The fourth-order valence-corrected chi connectivity index (χ4v) is 4.54. The first-order valence-electron chi connectivity index (χ1n) is 10.4. The number of piperidine rings is 1. The average molecular weight is 400 g/mol. The van der Waals surface area contributed by atoms with Crippen LogP contribution in [0.25, 0.3) is 0 Å². The Morgan fingerprint density at radius 1 is 1.29 bits per heavy atom. The highest BCUT2D eigenvalue weighted by Gasteiger charge is 2.23. The number of thiazole rings is 1. The SMILES string of the molecule is CCc1cnc(CCNC(=NC)NC2CCN(C(C)c3ccccc3)CC2)s1. The molecule has 5 nitrogen and oxygen atoms in total. The first kappa shape index (κ1) is 20.8. The number of benzene rings is 1. The minimum atomic E-state index is 0.478. The van der Waals surface area contributed by atoms with Crippen LogP contribution in [0.1, 0.15) is 48.2 Å². The van der Waals surface area contributed by atoms with Gasteiger partial charge in [-0.15, -0.1) is 11.3 Å². The molecule has 0 radical (unpaired) electrons. The van der Waals surface area contributed by atoms with Gasteiger partial charge in [0.05, 0.1) is 5.01 Å². The van der Waals surface area contributed by atoms with E-state index in [9.17, 15) is 0 Å². The van der Waals surface area contributed by atoms with Gasteiger partial charge >= 0.3 is 0 Å². The highest BCUT2D eigenvalue weighted by Crippen LogP contribution is 2.24. The third-order valence-electron chi connectivity index (χ3n) is 5.50. The molecule has 1 aliphatic heterocycles. The molecule has 3 rings (SSSR count). The van der Waals surface area contributed by atoms with Crippen LogP contribution >= 0.6 is 11.3 Å². The third kappa shape index (κ3) is 5.79. The summed E-state index contributed by atoms with van der Waals surface area (Å²) < 4.78 is 0. The normalized spacial score (nSPS) is 17.5.